The zero-order valence-corrected chi connectivity index (χ0v) is 12.3. The fourth-order valence-corrected chi connectivity index (χ4v) is 3.24. The van der Waals surface area contributed by atoms with Crippen molar-refractivity contribution in [2.45, 2.75) is 44.2 Å². The SMILES string of the molecule is CCn1cc(CC(NC)C2(c3ccccc3)CC2)cn1. The molecule has 20 heavy (non-hydrogen) atoms. The van der Waals surface area contributed by atoms with Crippen molar-refractivity contribution in [3.63, 3.8) is 0 Å². The zero-order chi connectivity index (χ0) is 14.0. The molecule has 0 aliphatic heterocycles. The second-order valence-electron chi connectivity index (χ2n) is 5.77. The van der Waals surface area contributed by atoms with E-state index < -0.39 is 0 Å². The van der Waals surface area contributed by atoms with E-state index in [1.807, 2.05) is 10.9 Å². The molecule has 1 aromatic carbocycles. The van der Waals surface area contributed by atoms with Crippen LogP contribution in [0.5, 0.6) is 0 Å². The molecule has 1 aliphatic carbocycles. The topological polar surface area (TPSA) is 29.9 Å². The Bertz CT molecular complexity index is 555. The van der Waals surface area contributed by atoms with Gasteiger partial charge in [0.1, 0.15) is 0 Å². The van der Waals surface area contributed by atoms with Gasteiger partial charge in [-0.3, -0.25) is 4.68 Å². The molecular formula is C17H23N3. The van der Waals surface area contributed by atoms with Crippen LogP contribution < -0.4 is 5.32 Å². The summed E-state index contributed by atoms with van der Waals surface area (Å²) in [6.07, 6.45) is 7.79. The van der Waals surface area contributed by atoms with Crippen molar-refractivity contribution in [3.05, 3.63) is 53.9 Å². The summed E-state index contributed by atoms with van der Waals surface area (Å²) >= 11 is 0. The van der Waals surface area contributed by atoms with Gasteiger partial charge in [0.2, 0.25) is 0 Å². The molecule has 3 heteroatoms. The Hall–Kier alpha value is -1.61. The Kier molecular flexibility index (Phi) is 3.62. The number of nitrogens with one attached hydrogen (secondary N) is 1. The van der Waals surface area contributed by atoms with E-state index >= 15 is 0 Å². The lowest BCUT2D eigenvalue weighted by molar-refractivity contribution is 0.442. The molecule has 0 bridgehead atoms. The average molecular weight is 269 g/mol. The van der Waals surface area contributed by atoms with E-state index in [0.29, 0.717) is 11.5 Å². The van der Waals surface area contributed by atoms with Gasteiger partial charge in [0.25, 0.3) is 0 Å². The zero-order valence-electron chi connectivity index (χ0n) is 12.3. The summed E-state index contributed by atoms with van der Waals surface area (Å²) in [5, 5.41) is 7.93. The van der Waals surface area contributed by atoms with Crippen molar-refractivity contribution >= 4 is 0 Å². The van der Waals surface area contributed by atoms with Gasteiger partial charge in [0, 0.05) is 24.2 Å². The van der Waals surface area contributed by atoms with Gasteiger partial charge in [0.15, 0.2) is 0 Å². The number of likely N-dealkylation sites (N-methyl/N-ethyl adjacent to an activating group) is 1. The van der Waals surface area contributed by atoms with Crippen LogP contribution in [0.1, 0.15) is 30.9 Å². The summed E-state index contributed by atoms with van der Waals surface area (Å²) in [6.45, 7) is 3.06. The van der Waals surface area contributed by atoms with Crippen molar-refractivity contribution in [1.82, 2.24) is 15.1 Å². The Labute approximate surface area is 121 Å². The summed E-state index contributed by atoms with van der Waals surface area (Å²) in [5.41, 5.74) is 3.13. The van der Waals surface area contributed by atoms with E-state index in [4.69, 9.17) is 0 Å². The summed E-state index contributed by atoms with van der Waals surface area (Å²) in [6, 6.07) is 11.4. The number of rotatable bonds is 6. The molecule has 3 nitrogen and oxygen atoms in total. The van der Waals surface area contributed by atoms with Gasteiger partial charge >= 0.3 is 0 Å². The monoisotopic (exact) mass is 269 g/mol. The predicted octanol–water partition coefficient (Wildman–Crippen LogP) is 2.77. The lowest BCUT2D eigenvalue weighted by atomic mass is 9.85. The van der Waals surface area contributed by atoms with E-state index in [0.717, 1.165) is 13.0 Å². The lowest BCUT2D eigenvalue weighted by Crippen LogP contribution is -2.39. The third-order valence-corrected chi connectivity index (χ3v) is 4.60. The molecule has 1 saturated carbocycles. The number of aromatic nitrogens is 2. The number of hydrogen-bond donors (Lipinski definition) is 1. The Balaban J connectivity index is 1.80. The smallest absolute Gasteiger partial charge is 0.0522 e. The molecule has 1 heterocycles. The maximum atomic E-state index is 4.39. The molecule has 1 N–H and O–H groups in total. The van der Waals surface area contributed by atoms with E-state index in [2.05, 4.69) is 60.9 Å². The molecule has 106 valence electrons. The minimum Gasteiger partial charge on any atom is -0.316 e. The Morgan fingerprint density at radius 1 is 1.30 bits per heavy atom. The van der Waals surface area contributed by atoms with Gasteiger partial charge in [0.05, 0.1) is 6.20 Å². The second kappa shape index (κ2) is 5.41. The lowest BCUT2D eigenvalue weighted by Gasteiger charge is -2.27. The van der Waals surface area contributed by atoms with Gasteiger partial charge in [-0.2, -0.15) is 5.10 Å². The van der Waals surface area contributed by atoms with Crippen LogP contribution in [-0.2, 0) is 18.4 Å². The summed E-state index contributed by atoms with van der Waals surface area (Å²) < 4.78 is 2.00. The minimum absolute atomic E-state index is 0.324. The highest BCUT2D eigenvalue weighted by atomic mass is 15.3. The third-order valence-electron chi connectivity index (χ3n) is 4.60. The molecule has 2 aromatic rings. The average Bonchev–Trinajstić information content (AvgIpc) is 3.19. The molecule has 1 unspecified atom stereocenters. The number of hydrogen-bond acceptors (Lipinski definition) is 2. The quantitative estimate of drug-likeness (QED) is 0.874. The van der Waals surface area contributed by atoms with Crippen molar-refractivity contribution < 1.29 is 0 Å². The van der Waals surface area contributed by atoms with E-state index in [1.54, 1.807) is 0 Å². The fourth-order valence-electron chi connectivity index (χ4n) is 3.24. The van der Waals surface area contributed by atoms with Gasteiger partial charge in [-0.25, -0.2) is 0 Å². The highest BCUT2D eigenvalue weighted by Crippen LogP contribution is 2.51. The van der Waals surface area contributed by atoms with Crippen LogP contribution in [-0.4, -0.2) is 22.9 Å². The maximum Gasteiger partial charge on any atom is 0.0522 e. The molecule has 1 aliphatic rings. The largest absolute Gasteiger partial charge is 0.316 e. The highest BCUT2D eigenvalue weighted by molar-refractivity contribution is 5.34. The van der Waals surface area contributed by atoms with Crippen LogP contribution in [0, 0.1) is 0 Å². The molecule has 1 fully saturated rings. The predicted molar refractivity (Wildman–Crippen MR) is 81.8 cm³/mol. The molecule has 3 rings (SSSR count). The first-order valence-corrected chi connectivity index (χ1v) is 7.52. The van der Waals surface area contributed by atoms with Crippen LogP contribution in [0.15, 0.2) is 42.7 Å². The standard InChI is InChI=1S/C17H23N3/c1-3-20-13-14(12-19-20)11-16(18-2)17(9-10-17)15-7-5-4-6-8-15/h4-8,12-13,16,18H,3,9-11H2,1-2H3. The second-order valence-corrected chi connectivity index (χ2v) is 5.77. The van der Waals surface area contributed by atoms with Gasteiger partial charge in [-0.05, 0) is 44.4 Å². The summed E-state index contributed by atoms with van der Waals surface area (Å²) in [5.74, 6) is 0. The van der Waals surface area contributed by atoms with E-state index in [9.17, 15) is 0 Å². The van der Waals surface area contributed by atoms with Crippen LogP contribution in [0.25, 0.3) is 0 Å². The van der Waals surface area contributed by atoms with Crippen molar-refractivity contribution in [3.8, 4) is 0 Å². The van der Waals surface area contributed by atoms with E-state index in [1.165, 1.54) is 24.0 Å². The first-order chi connectivity index (χ1) is 9.78. The number of aryl methyl sites for hydroxylation is 1. The van der Waals surface area contributed by atoms with Crippen molar-refractivity contribution in [1.29, 1.82) is 0 Å². The van der Waals surface area contributed by atoms with Gasteiger partial charge in [-0.1, -0.05) is 30.3 Å². The molecular weight excluding hydrogens is 246 g/mol. The van der Waals surface area contributed by atoms with Crippen LogP contribution in [0.3, 0.4) is 0 Å². The molecule has 0 saturated heterocycles. The molecule has 1 aromatic heterocycles. The van der Waals surface area contributed by atoms with Gasteiger partial charge in [-0.15, -0.1) is 0 Å². The highest BCUT2D eigenvalue weighted by Gasteiger charge is 2.49. The van der Waals surface area contributed by atoms with Crippen molar-refractivity contribution in [2.24, 2.45) is 0 Å². The number of nitrogens with zero attached hydrogens (tertiary/aromatic N) is 2. The maximum absolute atomic E-state index is 4.39. The van der Waals surface area contributed by atoms with Crippen LogP contribution in [0.2, 0.25) is 0 Å². The molecule has 0 amide bonds. The number of benzene rings is 1. The third kappa shape index (κ3) is 2.38. The minimum atomic E-state index is 0.324. The fraction of sp³-hybridized carbons (Fsp3) is 0.471. The van der Waals surface area contributed by atoms with Crippen LogP contribution >= 0.6 is 0 Å². The van der Waals surface area contributed by atoms with Crippen LogP contribution in [0.4, 0.5) is 0 Å². The summed E-state index contributed by atoms with van der Waals surface area (Å²) in [7, 11) is 2.08. The molecule has 0 radical (unpaired) electrons. The first kappa shape index (κ1) is 13.4. The Morgan fingerprint density at radius 2 is 2.05 bits per heavy atom. The first-order valence-electron chi connectivity index (χ1n) is 7.52. The van der Waals surface area contributed by atoms with Crippen molar-refractivity contribution in [2.75, 3.05) is 7.05 Å². The summed E-state index contributed by atoms with van der Waals surface area (Å²) in [4.78, 5) is 0. The Morgan fingerprint density at radius 3 is 2.60 bits per heavy atom. The van der Waals surface area contributed by atoms with Gasteiger partial charge < -0.3 is 5.32 Å². The van der Waals surface area contributed by atoms with E-state index in [-0.39, 0.29) is 0 Å². The molecule has 0 spiro atoms. The molecule has 1 atom stereocenters. The normalized spacial score (nSPS) is 17.9.